The normalized spacial score (nSPS) is 12.4. The van der Waals surface area contributed by atoms with Crippen molar-refractivity contribution < 1.29 is 4.79 Å². The molecule has 1 heterocycles. The summed E-state index contributed by atoms with van der Waals surface area (Å²) in [4.78, 5) is 44.0. The molecule has 0 bridgehead atoms. The van der Waals surface area contributed by atoms with E-state index in [2.05, 4.69) is 4.98 Å². The van der Waals surface area contributed by atoms with E-state index >= 15 is 0 Å². The van der Waals surface area contributed by atoms with Crippen LogP contribution in [-0.2, 0) is 11.3 Å². The zero-order chi connectivity index (χ0) is 24.0. The topological polar surface area (TPSA) is 104 Å². The van der Waals surface area contributed by atoms with E-state index in [0.717, 1.165) is 12.0 Å². The Morgan fingerprint density at radius 1 is 1.25 bits per heavy atom. The van der Waals surface area contributed by atoms with Gasteiger partial charge in [-0.15, -0.1) is 0 Å². The number of nitrogen functional groups attached to an aromatic ring is 1. The van der Waals surface area contributed by atoms with Crippen LogP contribution in [0, 0.1) is 5.92 Å². The lowest BCUT2D eigenvalue weighted by Gasteiger charge is -2.29. The number of likely N-dealkylation sites (N-methyl/N-ethyl adjacent to an activating group) is 1. The van der Waals surface area contributed by atoms with Crippen LogP contribution >= 0.6 is 11.6 Å². The molecule has 0 saturated carbocycles. The molecule has 1 aromatic carbocycles. The van der Waals surface area contributed by atoms with Crippen molar-refractivity contribution in [1.29, 1.82) is 0 Å². The predicted octanol–water partition coefficient (Wildman–Crippen LogP) is 3.25. The van der Waals surface area contributed by atoms with Crippen LogP contribution in [0.15, 0.2) is 33.9 Å². The van der Waals surface area contributed by atoms with E-state index in [1.54, 1.807) is 6.07 Å². The number of rotatable bonds is 10. The molecular weight excluding hydrogens is 430 g/mol. The minimum atomic E-state index is -0.650. The molecule has 0 saturated heterocycles. The van der Waals surface area contributed by atoms with Crippen molar-refractivity contribution in [2.75, 3.05) is 30.8 Å². The van der Waals surface area contributed by atoms with Crippen LogP contribution in [0.3, 0.4) is 0 Å². The summed E-state index contributed by atoms with van der Waals surface area (Å²) in [5.41, 5.74) is 6.06. The number of hydrogen-bond acceptors (Lipinski definition) is 5. The maximum atomic E-state index is 13.3. The van der Waals surface area contributed by atoms with Crippen LogP contribution in [0.1, 0.15) is 52.1 Å². The Bertz CT molecular complexity index is 1050. The maximum absolute atomic E-state index is 13.3. The highest BCUT2D eigenvalue weighted by Gasteiger charge is 2.26. The van der Waals surface area contributed by atoms with E-state index in [1.165, 1.54) is 9.47 Å². The van der Waals surface area contributed by atoms with Gasteiger partial charge in [-0.3, -0.25) is 24.0 Å². The third-order valence-electron chi connectivity index (χ3n) is 5.44. The third kappa shape index (κ3) is 6.23. The SMILES string of the molecule is CCCCN(C(=O)CN(C)C(C)c1cccc(Cl)c1)c1c(N)n(CC(C)C)c(=O)[nH]c1=O. The van der Waals surface area contributed by atoms with Crippen molar-refractivity contribution in [1.82, 2.24) is 14.5 Å². The van der Waals surface area contributed by atoms with Crippen molar-refractivity contribution in [3.63, 3.8) is 0 Å². The molecule has 0 radical (unpaired) electrons. The molecule has 8 nitrogen and oxygen atoms in total. The van der Waals surface area contributed by atoms with Crippen LogP contribution in [0.4, 0.5) is 11.5 Å². The lowest BCUT2D eigenvalue weighted by molar-refractivity contribution is -0.119. The molecule has 32 heavy (non-hydrogen) atoms. The first-order valence-corrected chi connectivity index (χ1v) is 11.3. The summed E-state index contributed by atoms with van der Waals surface area (Å²) in [5, 5.41) is 0.630. The molecule has 1 unspecified atom stereocenters. The van der Waals surface area contributed by atoms with E-state index in [1.807, 2.05) is 57.8 Å². The second-order valence-electron chi connectivity index (χ2n) is 8.54. The Balaban J connectivity index is 2.38. The fourth-order valence-electron chi connectivity index (χ4n) is 3.52. The molecule has 0 spiro atoms. The fraction of sp³-hybridized carbons (Fsp3) is 0.522. The van der Waals surface area contributed by atoms with Gasteiger partial charge >= 0.3 is 5.69 Å². The lowest BCUT2D eigenvalue weighted by Crippen LogP contribution is -2.45. The average molecular weight is 464 g/mol. The quantitative estimate of drug-likeness (QED) is 0.562. The first-order valence-electron chi connectivity index (χ1n) is 10.9. The van der Waals surface area contributed by atoms with Gasteiger partial charge in [-0.25, -0.2) is 4.79 Å². The van der Waals surface area contributed by atoms with Gasteiger partial charge < -0.3 is 10.6 Å². The van der Waals surface area contributed by atoms with Gasteiger partial charge in [0.25, 0.3) is 5.56 Å². The van der Waals surface area contributed by atoms with Gasteiger partial charge in [-0.1, -0.05) is 50.9 Å². The number of H-pyrrole nitrogens is 1. The predicted molar refractivity (Wildman–Crippen MR) is 130 cm³/mol. The molecule has 0 aliphatic rings. The minimum Gasteiger partial charge on any atom is -0.383 e. The van der Waals surface area contributed by atoms with Crippen molar-refractivity contribution >= 4 is 29.0 Å². The summed E-state index contributed by atoms with van der Waals surface area (Å²) in [6.07, 6.45) is 1.53. The summed E-state index contributed by atoms with van der Waals surface area (Å²) in [5.74, 6) is -0.109. The Morgan fingerprint density at radius 2 is 1.94 bits per heavy atom. The zero-order valence-electron chi connectivity index (χ0n) is 19.5. The highest BCUT2D eigenvalue weighted by molar-refractivity contribution is 6.30. The number of halogens is 1. The molecule has 1 amide bonds. The van der Waals surface area contributed by atoms with Crippen LogP contribution in [0.5, 0.6) is 0 Å². The average Bonchev–Trinajstić information content (AvgIpc) is 2.72. The number of amides is 1. The molecule has 9 heteroatoms. The zero-order valence-corrected chi connectivity index (χ0v) is 20.3. The first kappa shape index (κ1) is 25.7. The van der Waals surface area contributed by atoms with Gasteiger partial charge in [-0.05, 0) is 44.0 Å². The van der Waals surface area contributed by atoms with Crippen LogP contribution in [0.2, 0.25) is 5.02 Å². The second kappa shape index (κ2) is 11.3. The number of aromatic nitrogens is 2. The Kier molecular flexibility index (Phi) is 9.09. The second-order valence-corrected chi connectivity index (χ2v) is 8.98. The number of benzene rings is 1. The van der Waals surface area contributed by atoms with Crippen molar-refractivity contribution in [3.8, 4) is 0 Å². The van der Waals surface area contributed by atoms with Gasteiger partial charge in [0.2, 0.25) is 5.91 Å². The fourth-order valence-corrected chi connectivity index (χ4v) is 3.72. The summed E-state index contributed by atoms with van der Waals surface area (Å²) < 4.78 is 1.33. The van der Waals surface area contributed by atoms with E-state index in [0.29, 0.717) is 24.5 Å². The van der Waals surface area contributed by atoms with E-state index in [9.17, 15) is 14.4 Å². The molecule has 0 aliphatic heterocycles. The highest BCUT2D eigenvalue weighted by atomic mass is 35.5. The number of nitrogens with two attached hydrogens (primary N) is 1. The number of carbonyl (C=O) groups is 1. The van der Waals surface area contributed by atoms with Crippen molar-refractivity contribution in [3.05, 3.63) is 55.7 Å². The van der Waals surface area contributed by atoms with Crippen molar-refractivity contribution in [2.45, 2.75) is 53.1 Å². The molecule has 0 aliphatic carbocycles. The van der Waals surface area contributed by atoms with E-state index in [4.69, 9.17) is 17.3 Å². The molecule has 2 rings (SSSR count). The minimum absolute atomic E-state index is 0.0162. The number of nitrogens with one attached hydrogen (secondary N) is 1. The van der Waals surface area contributed by atoms with Gasteiger partial charge in [0.15, 0.2) is 5.69 Å². The standard InChI is InChI=1S/C23H34ClN5O3/c1-6-7-11-28(20-21(25)29(13-15(2)3)23(32)26-22(20)31)19(30)14-27(5)16(4)17-9-8-10-18(24)12-17/h8-10,12,15-16H,6-7,11,13-14,25H2,1-5H3,(H,26,31,32). The molecule has 3 N–H and O–H groups in total. The number of nitrogens with zero attached hydrogens (tertiary/aromatic N) is 3. The maximum Gasteiger partial charge on any atom is 0.330 e. The van der Waals surface area contributed by atoms with E-state index in [-0.39, 0.29) is 35.9 Å². The molecule has 176 valence electrons. The molecule has 1 atom stereocenters. The largest absolute Gasteiger partial charge is 0.383 e. The summed E-state index contributed by atoms with van der Waals surface area (Å²) in [6, 6.07) is 7.42. The number of unbranched alkanes of at least 4 members (excludes halogenated alkanes) is 1. The van der Waals surface area contributed by atoms with Gasteiger partial charge in [0.05, 0.1) is 6.54 Å². The first-order chi connectivity index (χ1) is 15.1. The van der Waals surface area contributed by atoms with Gasteiger partial charge in [0.1, 0.15) is 5.82 Å². The Morgan fingerprint density at radius 3 is 2.53 bits per heavy atom. The molecule has 2 aromatic rings. The smallest absolute Gasteiger partial charge is 0.330 e. The van der Waals surface area contributed by atoms with Gasteiger partial charge in [0, 0.05) is 24.2 Å². The number of carbonyl (C=O) groups excluding carboxylic acids is 1. The number of anilines is 2. The Labute approximate surface area is 194 Å². The Hall–Kier alpha value is -2.58. The molecule has 1 aromatic heterocycles. The van der Waals surface area contributed by atoms with Gasteiger partial charge in [-0.2, -0.15) is 0 Å². The number of aromatic amines is 1. The monoisotopic (exact) mass is 463 g/mol. The lowest BCUT2D eigenvalue weighted by atomic mass is 10.1. The third-order valence-corrected chi connectivity index (χ3v) is 5.68. The van der Waals surface area contributed by atoms with Crippen LogP contribution < -0.4 is 21.9 Å². The number of hydrogen-bond donors (Lipinski definition) is 2. The highest BCUT2D eigenvalue weighted by Crippen LogP contribution is 2.23. The van der Waals surface area contributed by atoms with E-state index < -0.39 is 11.2 Å². The summed E-state index contributed by atoms with van der Waals surface area (Å²) in [6.45, 7) is 8.63. The molecular formula is C23H34ClN5O3. The van der Waals surface area contributed by atoms with Crippen LogP contribution in [0.25, 0.3) is 0 Å². The molecule has 0 fully saturated rings. The summed E-state index contributed by atoms with van der Waals surface area (Å²) in [7, 11) is 1.84. The van der Waals surface area contributed by atoms with Crippen molar-refractivity contribution in [2.24, 2.45) is 5.92 Å². The summed E-state index contributed by atoms with van der Waals surface area (Å²) >= 11 is 6.11. The van der Waals surface area contributed by atoms with Crippen LogP contribution in [-0.4, -0.2) is 40.5 Å².